The van der Waals surface area contributed by atoms with E-state index in [1.54, 1.807) is 12.1 Å². The Morgan fingerprint density at radius 2 is 2.16 bits per heavy atom. The molecule has 0 spiro atoms. The normalized spacial score (nSPS) is 10.2. The summed E-state index contributed by atoms with van der Waals surface area (Å²) in [6.45, 7) is 2.36. The zero-order valence-corrected chi connectivity index (χ0v) is 11.1. The van der Waals surface area contributed by atoms with Crippen LogP contribution in [0.15, 0.2) is 36.4 Å². The number of carbonyl (C=O) groups is 1. The molecule has 1 aromatic carbocycles. The van der Waals surface area contributed by atoms with Gasteiger partial charge in [0, 0.05) is 10.7 Å². The van der Waals surface area contributed by atoms with E-state index in [1.165, 1.54) is 6.07 Å². The Hall–Kier alpha value is -2.07. The molecule has 0 fully saturated rings. The predicted octanol–water partition coefficient (Wildman–Crippen LogP) is 3.35. The molecule has 4 nitrogen and oxygen atoms in total. The van der Waals surface area contributed by atoms with Crippen LogP contribution in [0.2, 0.25) is 5.02 Å². The third kappa shape index (κ3) is 3.45. The number of nitrogens with zero attached hydrogens (tertiary/aromatic N) is 1. The van der Waals surface area contributed by atoms with E-state index in [9.17, 15) is 4.79 Å². The van der Waals surface area contributed by atoms with E-state index in [-0.39, 0.29) is 5.56 Å². The molecule has 0 unspecified atom stereocenters. The van der Waals surface area contributed by atoms with E-state index in [1.807, 2.05) is 25.1 Å². The van der Waals surface area contributed by atoms with Gasteiger partial charge in [-0.05, 0) is 37.3 Å². The summed E-state index contributed by atoms with van der Waals surface area (Å²) in [5.74, 6) is -0.989. The molecule has 19 heavy (non-hydrogen) atoms. The Kier molecular flexibility index (Phi) is 4.02. The standard InChI is InChI=1S/C14H13ClN2O2/c1-9-3-2-4-11(17-9)8-16-13-7-10(15)5-6-12(13)14(18)19/h2-7,16H,8H2,1H3,(H,18,19). The molecular weight excluding hydrogens is 264 g/mol. The number of halogens is 1. The highest BCUT2D eigenvalue weighted by molar-refractivity contribution is 6.31. The molecule has 2 aromatic rings. The van der Waals surface area contributed by atoms with Gasteiger partial charge in [-0.15, -0.1) is 0 Å². The Morgan fingerprint density at radius 3 is 2.84 bits per heavy atom. The lowest BCUT2D eigenvalue weighted by Gasteiger charge is -2.10. The zero-order valence-electron chi connectivity index (χ0n) is 10.4. The number of aromatic nitrogens is 1. The molecule has 0 saturated heterocycles. The lowest BCUT2D eigenvalue weighted by molar-refractivity contribution is 0.0698. The second-order valence-electron chi connectivity index (χ2n) is 4.12. The largest absolute Gasteiger partial charge is 0.478 e. The Balaban J connectivity index is 2.19. The van der Waals surface area contributed by atoms with Gasteiger partial charge in [-0.3, -0.25) is 4.98 Å². The van der Waals surface area contributed by atoms with Crippen LogP contribution in [0.25, 0.3) is 0 Å². The third-order valence-corrected chi connectivity index (χ3v) is 2.85. The third-order valence-electron chi connectivity index (χ3n) is 2.62. The van der Waals surface area contributed by atoms with E-state index in [0.717, 1.165) is 11.4 Å². The van der Waals surface area contributed by atoms with Gasteiger partial charge in [-0.2, -0.15) is 0 Å². The quantitative estimate of drug-likeness (QED) is 0.899. The van der Waals surface area contributed by atoms with Crippen molar-refractivity contribution in [1.29, 1.82) is 0 Å². The molecule has 0 radical (unpaired) electrons. The molecule has 0 saturated carbocycles. The second kappa shape index (κ2) is 5.71. The molecule has 98 valence electrons. The first kappa shape index (κ1) is 13.4. The smallest absolute Gasteiger partial charge is 0.337 e. The number of benzene rings is 1. The number of rotatable bonds is 4. The van der Waals surface area contributed by atoms with Crippen molar-refractivity contribution in [2.24, 2.45) is 0 Å². The fourth-order valence-electron chi connectivity index (χ4n) is 1.73. The molecule has 0 aliphatic carbocycles. The number of carboxylic acids is 1. The average molecular weight is 277 g/mol. The number of hydrogen-bond donors (Lipinski definition) is 2. The van der Waals surface area contributed by atoms with Crippen LogP contribution in [0.3, 0.4) is 0 Å². The highest BCUT2D eigenvalue weighted by atomic mass is 35.5. The number of hydrogen-bond acceptors (Lipinski definition) is 3. The Labute approximate surface area is 116 Å². The second-order valence-corrected chi connectivity index (χ2v) is 4.56. The van der Waals surface area contributed by atoms with Gasteiger partial charge >= 0.3 is 5.97 Å². The predicted molar refractivity (Wildman–Crippen MR) is 74.7 cm³/mol. The van der Waals surface area contributed by atoms with Gasteiger partial charge in [0.15, 0.2) is 0 Å². The number of aryl methyl sites for hydroxylation is 1. The first-order valence-electron chi connectivity index (χ1n) is 5.75. The molecule has 2 N–H and O–H groups in total. The zero-order chi connectivity index (χ0) is 13.8. The van der Waals surface area contributed by atoms with E-state index in [0.29, 0.717) is 17.3 Å². The minimum atomic E-state index is -0.989. The Bertz CT molecular complexity index is 614. The van der Waals surface area contributed by atoms with Gasteiger partial charge < -0.3 is 10.4 Å². The summed E-state index contributed by atoms with van der Waals surface area (Å²) in [4.78, 5) is 15.4. The maximum absolute atomic E-state index is 11.1. The van der Waals surface area contributed by atoms with Gasteiger partial charge in [0.25, 0.3) is 0 Å². The molecule has 0 bridgehead atoms. The van der Waals surface area contributed by atoms with Gasteiger partial charge in [0.1, 0.15) is 0 Å². The maximum atomic E-state index is 11.1. The topological polar surface area (TPSA) is 62.2 Å². The summed E-state index contributed by atoms with van der Waals surface area (Å²) < 4.78 is 0. The van der Waals surface area contributed by atoms with E-state index in [2.05, 4.69) is 10.3 Å². The van der Waals surface area contributed by atoms with Crippen LogP contribution in [0, 0.1) is 6.92 Å². The van der Waals surface area contributed by atoms with E-state index < -0.39 is 5.97 Å². The van der Waals surface area contributed by atoms with Crippen molar-refractivity contribution >= 4 is 23.3 Å². The number of carboxylic acid groups (broad SMARTS) is 1. The first-order chi connectivity index (χ1) is 9.06. The maximum Gasteiger partial charge on any atom is 0.337 e. The van der Waals surface area contributed by atoms with Crippen molar-refractivity contribution in [2.75, 3.05) is 5.32 Å². The van der Waals surface area contributed by atoms with Crippen molar-refractivity contribution in [3.8, 4) is 0 Å². The van der Waals surface area contributed by atoms with E-state index >= 15 is 0 Å². The fourth-order valence-corrected chi connectivity index (χ4v) is 1.91. The SMILES string of the molecule is Cc1cccc(CNc2cc(Cl)ccc2C(=O)O)n1. The fraction of sp³-hybridized carbons (Fsp3) is 0.143. The number of aromatic carboxylic acids is 1. The molecule has 0 aliphatic rings. The highest BCUT2D eigenvalue weighted by Crippen LogP contribution is 2.21. The average Bonchev–Trinajstić information content (AvgIpc) is 2.36. The van der Waals surface area contributed by atoms with Crippen LogP contribution in [-0.2, 0) is 6.54 Å². The highest BCUT2D eigenvalue weighted by Gasteiger charge is 2.10. The molecule has 0 atom stereocenters. The lowest BCUT2D eigenvalue weighted by Crippen LogP contribution is -2.07. The minimum Gasteiger partial charge on any atom is -0.478 e. The molecular formula is C14H13ClN2O2. The summed E-state index contributed by atoms with van der Waals surface area (Å²) in [5.41, 5.74) is 2.44. The van der Waals surface area contributed by atoms with E-state index in [4.69, 9.17) is 16.7 Å². The number of nitrogens with one attached hydrogen (secondary N) is 1. The van der Waals surface area contributed by atoms with Crippen molar-refractivity contribution < 1.29 is 9.90 Å². The van der Waals surface area contributed by atoms with Crippen LogP contribution in [0.4, 0.5) is 5.69 Å². The molecule has 1 heterocycles. The summed E-state index contributed by atoms with van der Waals surface area (Å²) in [5, 5.41) is 12.6. The van der Waals surface area contributed by atoms with Crippen molar-refractivity contribution in [3.05, 3.63) is 58.4 Å². The van der Waals surface area contributed by atoms with Crippen LogP contribution < -0.4 is 5.32 Å². The lowest BCUT2D eigenvalue weighted by atomic mass is 10.1. The minimum absolute atomic E-state index is 0.192. The van der Waals surface area contributed by atoms with Gasteiger partial charge in [0.2, 0.25) is 0 Å². The van der Waals surface area contributed by atoms with Crippen LogP contribution in [-0.4, -0.2) is 16.1 Å². The van der Waals surface area contributed by atoms with Gasteiger partial charge in [0.05, 0.1) is 23.5 Å². The molecule has 0 aliphatic heterocycles. The summed E-state index contributed by atoms with van der Waals surface area (Å²) in [6.07, 6.45) is 0. The van der Waals surface area contributed by atoms with Crippen LogP contribution >= 0.6 is 11.6 Å². The molecule has 5 heteroatoms. The Morgan fingerprint density at radius 1 is 1.37 bits per heavy atom. The molecule has 0 amide bonds. The summed E-state index contributed by atoms with van der Waals surface area (Å²) >= 11 is 5.88. The number of pyridine rings is 1. The van der Waals surface area contributed by atoms with Gasteiger partial charge in [-0.25, -0.2) is 4.79 Å². The molecule has 2 rings (SSSR count). The van der Waals surface area contributed by atoms with Crippen molar-refractivity contribution in [3.63, 3.8) is 0 Å². The molecule has 1 aromatic heterocycles. The summed E-state index contributed by atoms with van der Waals surface area (Å²) in [6, 6.07) is 10.3. The monoisotopic (exact) mass is 276 g/mol. The summed E-state index contributed by atoms with van der Waals surface area (Å²) in [7, 11) is 0. The van der Waals surface area contributed by atoms with Crippen molar-refractivity contribution in [2.45, 2.75) is 13.5 Å². The van der Waals surface area contributed by atoms with Crippen LogP contribution in [0.1, 0.15) is 21.7 Å². The number of anilines is 1. The first-order valence-corrected chi connectivity index (χ1v) is 6.13. The van der Waals surface area contributed by atoms with Gasteiger partial charge in [-0.1, -0.05) is 17.7 Å². The van der Waals surface area contributed by atoms with Crippen molar-refractivity contribution in [1.82, 2.24) is 4.98 Å². The van der Waals surface area contributed by atoms with Crippen LogP contribution in [0.5, 0.6) is 0 Å².